The van der Waals surface area contributed by atoms with Crippen LogP contribution in [0.3, 0.4) is 0 Å². The zero-order valence-corrected chi connectivity index (χ0v) is 16.9. The van der Waals surface area contributed by atoms with Gasteiger partial charge < -0.3 is 10.2 Å². The van der Waals surface area contributed by atoms with Crippen LogP contribution in [0.15, 0.2) is 54.6 Å². The molecule has 1 N–H and O–H groups in total. The lowest BCUT2D eigenvalue weighted by molar-refractivity contribution is -0.134. The molecule has 1 aliphatic heterocycles. The SMILES string of the molecule is CCc1ccc(C(=O)CCC(=O)N2CCC(C(=O)Nc3ccccc3)CC2)cc1. The van der Waals surface area contributed by atoms with Crippen LogP contribution < -0.4 is 5.32 Å². The summed E-state index contributed by atoms with van der Waals surface area (Å²) in [7, 11) is 0. The van der Waals surface area contributed by atoms with Crippen molar-refractivity contribution in [1.82, 2.24) is 4.90 Å². The van der Waals surface area contributed by atoms with E-state index in [0.717, 1.165) is 12.1 Å². The maximum atomic E-state index is 12.5. The average molecular weight is 392 g/mol. The van der Waals surface area contributed by atoms with E-state index >= 15 is 0 Å². The number of nitrogens with zero attached hydrogens (tertiary/aromatic N) is 1. The third-order valence-corrected chi connectivity index (χ3v) is 5.51. The minimum absolute atomic E-state index is 0.00173. The zero-order valence-electron chi connectivity index (χ0n) is 16.9. The van der Waals surface area contributed by atoms with Crippen LogP contribution in [0.4, 0.5) is 5.69 Å². The first-order valence-electron chi connectivity index (χ1n) is 10.3. The number of para-hydroxylation sites is 1. The Kier molecular flexibility index (Phi) is 7.17. The van der Waals surface area contributed by atoms with Crippen molar-refractivity contribution in [3.8, 4) is 0 Å². The van der Waals surface area contributed by atoms with Crippen LogP contribution >= 0.6 is 0 Å². The molecule has 0 radical (unpaired) electrons. The zero-order chi connectivity index (χ0) is 20.6. The van der Waals surface area contributed by atoms with Crippen molar-refractivity contribution < 1.29 is 14.4 Å². The molecule has 29 heavy (non-hydrogen) atoms. The Labute approximate surface area is 172 Å². The van der Waals surface area contributed by atoms with Crippen LogP contribution in [0.25, 0.3) is 0 Å². The summed E-state index contributed by atoms with van der Waals surface area (Å²) < 4.78 is 0. The van der Waals surface area contributed by atoms with Crippen molar-refractivity contribution in [1.29, 1.82) is 0 Å². The van der Waals surface area contributed by atoms with Crippen LogP contribution in [-0.2, 0) is 16.0 Å². The van der Waals surface area contributed by atoms with Crippen LogP contribution in [0.5, 0.6) is 0 Å². The lowest BCUT2D eigenvalue weighted by Gasteiger charge is -2.31. The molecular weight excluding hydrogens is 364 g/mol. The Morgan fingerprint density at radius 3 is 2.21 bits per heavy atom. The summed E-state index contributed by atoms with van der Waals surface area (Å²) in [6.07, 6.45) is 2.67. The number of piperidine rings is 1. The van der Waals surface area contributed by atoms with Crippen molar-refractivity contribution >= 4 is 23.3 Å². The van der Waals surface area contributed by atoms with Crippen molar-refractivity contribution in [2.45, 2.75) is 39.0 Å². The minimum Gasteiger partial charge on any atom is -0.343 e. The molecule has 0 bridgehead atoms. The predicted octanol–water partition coefficient (Wildman–Crippen LogP) is 4.09. The topological polar surface area (TPSA) is 66.5 Å². The van der Waals surface area contributed by atoms with Gasteiger partial charge in [0.05, 0.1) is 0 Å². The molecule has 1 heterocycles. The van der Waals surface area contributed by atoms with E-state index in [2.05, 4.69) is 12.2 Å². The van der Waals surface area contributed by atoms with E-state index in [9.17, 15) is 14.4 Å². The second-order valence-electron chi connectivity index (χ2n) is 7.48. The number of rotatable bonds is 7. The molecule has 2 aromatic carbocycles. The molecule has 0 spiro atoms. The molecule has 5 heteroatoms. The lowest BCUT2D eigenvalue weighted by Crippen LogP contribution is -2.41. The van der Waals surface area contributed by atoms with E-state index in [1.807, 2.05) is 54.6 Å². The minimum atomic E-state index is -0.0852. The van der Waals surface area contributed by atoms with E-state index in [1.54, 1.807) is 4.90 Å². The van der Waals surface area contributed by atoms with Crippen LogP contribution in [0.1, 0.15) is 48.5 Å². The van der Waals surface area contributed by atoms with Gasteiger partial charge in [0.1, 0.15) is 0 Å². The van der Waals surface area contributed by atoms with E-state index in [0.29, 0.717) is 31.5 Å². The third-order valence-electron chi connectivity index (χ3n) is 5.51. The summed E-state index contributed by atoms with van der Waals surface area (Å²) in [5.41, 5.74) is 2.64. The molecule has 2 amide bonds. The molecule has 1 saturated heterocycles. The Morgan fingerprint density at radius 1 is 0.931 bits per heavy atom. The highest BCUT2D eigenvalue weighted by Gasteiger charge is 2.27. The number of hydrogen-bond acceptors (Lipinski definition) is 3. The molecule has 3 rings (SSSR count). The number of nitrogens with one attached hydrogen (secondary N) is 1. The van der Waals surface area contributed by atoms with Crippen molar-refractivity contribution in [3.63, 3.8) is 0 Å². The van der Waals surface area contributed by atoms with E-state index < -0.39 is 0 Å². The van der Waals surface area contributed by atoms with Crippen LogP contribution in [0.2, 0.25) is 0 Å². The fourth-order valence-corrected chi connectivity index (χ4v) is 3.61. The first-order valence-corrected chi connectivity index (χ1v) is 10.3. The van der Waals surface area contributed by atoms with Gasteiger partial charge in [0.2, 0.25) is 11.8 Å². The molecular formula is C24H28N2O3. The number of ketones is 1. The summed E-state index contributed by atoms with van der Waals surface area (Å²) in [5.74, 6) is -0.0875. The van der Waals surface area contributed by atoms with E-state index in [-0.39, 0.29) is 36.4 Å². The van der Waals surface area contributed by atoms with Gasteiger partial charge in [0, 0.05) is 43.1 Å². The molecule has 0 atom stereocenters. The normalized spacial score (nSPS) is 14.4. The maximum Gasteiger partial charge on any atom is 0.227 e. The fourth-order valence-electron chi connectivity index (χ4n) is 3.61. The number of benzene rings is 2. The molecule has 0 aromatic heterocycles. The summed E-state index contributed by atoms with van der Waals surface area (Å²) in [6, 6.07) is 17.0. The molecule has 2 aromatic rings. The quantitative estimate of drug-likeness (QED) is 0.722. The van der Waals surface area contributed by atoms with Gasteiger partial charge in [0.25, 0.3) is 0 Å². The predicted molar refractivity (Wildman–Crippen MR) is 114 cm³/mol. The highest BCUT2D eigenvalue weighted by atomic mass is 16.2. The summed E-state index contributed by atoms with van der Waals surface area (Å²) in [4.78, 5) is 39.0. The summed E-state index contributed by atoms with van der Waals surface area (Å²) in [6.45, 7) is 3.19. The van der Waals surface area contributed by atoms with Gasteiger partial charge in [-0.3, -0.25) is 14.4 Å². The first-order chi connectivity index (χ1) is 14.1. The van der Waals surface area contributed by atoms with Gasteiger partial charge in [-0.1, -0.05) is 49.4 Å². The first kappa shape index (κ1) is 20.8. The summed E-state index contributed by atoms with van der Waals surface area (Å²) in [5, 5.41) is 2.94. The number of carbonyl (C=O) groups excluding carboxylic acids is 3. The van der Waals surface area contributed by atoms with Crippen LogP contribution in [0, 0.1) is 5.92 Å². The van der Waals surface area contributed by atoms with Crippen molar-refractivity contribution in [2.75, 3.05) is 18.4 Å². The highest BCUT2D eigenvalue weighted by Crippen LogP contribution is 2.20. The van der Waals surface area contributed by atoms with Crippen molar-refractivity contribution in [2.24, 2.45) is 5.92 Å². The molecule has 0 saturated carbocycles. The number of hydrogen-bond donors (Lipinski definition) is 1. The maximum absolute atomic E-state index is 12.5. The second-order valence-corrected chi connectivity index (χ2v) is 7.48. The van der Waals surface area contributed by atoms with Crippen molar-refractivity contribution in [3.05, 3.63) is 65.7 Å². The number of anilines is 1. The van der Waals surface area contributed by atoms with Gasteiger partial charge in [-0.05, 0) is 37.0 Å². The Hall–Kier alpha value is -2.95. The van der Waals surface area contributed by atoms with Crippen LogP contribution in [-0.4, -0.2) is 35.6 Å². The van der Waals surface area contributed by atoms with Gasteiger partial charge in [-0.15, -0.1) is 0 Å². The standard InChI is InChI=1S/C24H28N2O3/c1-2-18-8-10-19(11-9-18)22(27)12-13-23(28)26-16-14-20(15-17-26)24(29)25-21-6-4-3-5-7-21/h3-11,20H,2,12-17H2,1H3,(H,25,29). The number of Topliss-reactive ketones (excluding diaryl/α,β-unsaturated/α-hetero) is 1. The van der Waals surface area contributed by atoms with Gasteiger partial charge in [-0.25, -0.2) is 0 Å². The molecule has 152 valence electrons. The van der Waals surface area contributed by atoms with Gasteiger partial charge >= 0.3 is 0 Å². The fraction of sp³-hybridized carbons (Fsp3) is 0.375. The second kappa shape index (κ2) is 10.0. The molecule has 5 nitrogen and oxygen atoms in total. The Bertz CT molecular complexity index is 838. The molecule has 0 unspecified atom stereocenters. The highest BCUT2D eigenvalue weighted by molar-refractivity contribution is 5.98. The number of carbonyl (C=O) groups is 3. The summed E-state index contributed by atoms with van der Waals surface area (Å²) >= 11 is 0. The monoisotopic (exact) mass is 392 g/mol. The Balaban J connectivity index is 1.42. The number of amides is 2. The third kappa shape index (κ3) is 5.76. The Morgan fingerprint density at radius 2 is 1.59 bits per heavy atom. The molecule has 0 aliphatic carbocycles. The molecule has 1 aliphatic rings. The smallest absolute Gasteiger partial charge is 0.227 e. The van der Waals surface area contributed by atoms with Gasteiger partial charge in [0.15, 0.2) is 5.78 Å². The molecule has 1 fully saturated rings. The van der Waals surface area contributed by atoms with E-state index in [1.165, 1.54) is 5.56 Å². The lowest BCUT2D eigenvalue weighted by atomic mass is 9.95. The average Bonchev–Trinajstić information content (AvgIpc) is 2.78. The van der Waals surface area contributed by atoms with E-state index in [4.69, 9.17) is 0 Å². The largest absolute Gasteiger partial charge is 0.343 e. The number of likely N-dealkylation sites (tertiary alicyclic amines) is 1. The van der Waals surface area contributed by atoms with Gasteiger partial charge in [-0.2, -0.15) is 0 Å². The number of aryl methyl sites for hydroxylation is 1.